The van der Waals surface area contributed by atoms with Crippen LogP contribution in [0.1, 0.15) is 69.2 Å². The van der Waals surface area contributed by atoms with Crippen molar-refractivity contribution in [3.8, 4) is 0 Å². The lowest BCUT2D eigenvalue weighted by Crippen LogP contribution is -2.50. The molecule has 2 aliphatic heterocycles. The summed E-state index contributed by atoms with van der Waals surface area (Å²) in [5.74, 6) is 0.0207. The molecule has 1 amide bonds. The van der Waals surface area contributed by atoms with Gasteiger partial charge in [-0.05, 0) is 95.1 Å². The first-order chi connectivity index (χ1) is 13.0. The maximum absolute atomic E-state index is 12.1. The van der Waals surface area contributed by atoms with Crippen LogP contribution in [0.5, 0.6) is 0 Å². The fourth-order valence-corrected chi connectivity index (χ4v) is 5.02. The number of hydrogen-bond donors (Lipinski definition) is 1. The van der Waals surface area contributed by atoms with Gasteiger partial charge in [-0.1, -0.05) is 6.42 Å². The fraction of sp³-hybridized carbons (Fsp3) is 0.696. The van der Waals surface area contributed by atoms with Gasteiger partial charge in [-0.25, -0.2) is 0 Å². The van der Waals surface area contributed by atoms with E-state index in [2.05, 4.69) is 27.2 Å². The molecule has 2 heterocycles. The average Bonchev–Trinajstić information content (AvgIpc) is 2.63. The van der Waals surface area contributed by atoms with E-state index < -0.39 is 0 Å². The minimum Gasteiger partial charge on any atom is -0.371 e. The van der Waals surface area contributed by atoms with Gasteiger partial charge < -0.3 is 15.1 Å². The highest BCUT2D eigenvalue weighted by Crippen LogP contribution is 2.43. The van der Waals surface area contributed by atoms with Crippen LogP contribution in [0.2, 0.25) is 0 Å². The van der Waals surface area contributed by atoms with Crippen LogP contribution in [-0.2, 0) is 0 Å². The Labute approximate surface area is 164 Å². The summed E-state index contributed by atoms with van der Waals surface area (Å²) in [5, 5.41) is 2.96. The summed E-state index contributed by atoms with van der Waals surface area (Å²) < 4.78 is 0. The molecule has 148 valence electrons. The molecule has 1 aromatic rings. The summed E-state index contributed by atoms with van der Waals surface area (Å²) in [6.07, 6.45) is 9.75. The van der Waals surface area contributed by atoms with E-state index in [9.17, 15) is 4.79 Å². The standard InChI is InChI=1S/C23H35N3O/c1-18(2)24-22(27)19-6-8-21(9-7-19)26-16-12-23(13-17-26)10-14-25(15-11-23)20-4-3-5-20/h6-9,18,20H,3-5,10-17H2,1-2H3,(H,24,27). The second-order valence-electron chi connectivity index (χ2n) is 9.28. The van der Waals surface area contributed by atoms with Gasteiger partial charge in [0.15, 0.2) is 0 Å². The highest BCUT2D eigenvalue weighted by atomic mass is 16.1. The van der Waals surface area contributed by atoms with E-state index in [-0.39, 0.29) is 11.9 Å². The Bertz CT molecular complexity index is 632. The van der Waals surface area contributed by atoms with Gasteiger partial charge in [0, 0.05) is 36.4 Å². The molecule has 2 saturated heterocycles. The van der Waals surface area contributed by atoms with Gasteiger partial charge in [0.25, 0.3) is 5.91 Å². The second-order valence-corrected chi connectivity index (χ2v) is 9.28. The molecule has 0 unspecified atom stereocenters. The molecule has 1 aromatic carbocycles. The van der Waals surface area contributed by atoms with Gasteiger partial charge in [0.05, 0.1) is 0 Å². The zero-order chi connectivity index (χ0) is 18.9. The number of carbonyl (C=O) groups excluding carboxylic acids is 1. The molecular formula is C23H35N3O. The van der Waals surface area contributed by atoms with Crippen molar-refractivity contribution >= 4 is 11.6 Å². The van der Waals surface area contributed by atoms with E-state index in [1.54, 1.807) is 0 Å². The van der Waals surface area contributed by atoms with Crippen LogP contribution >= 0.6 is 0 Å². The third-order valence-corrected chi connectivity index (χ3v) is 7.19. The van der Waals surface area contributed by atoms with Crippen molar-refractivity contribution in [3.63, 3.8) is 0 Å². The first-order valence-corrected chi connectivity index (χ1v) is 10.9. The largest absolute Gasteiger partial charge is 0.371 e. The highest BCUT2D eigenvalue weighted by molar-refractivity contribution is 5.94. The molecule has 4 nitrogen and oxygen atoms in total. The van der Waals surface area contributed by atoms with Gasteiger partial charge in [-0.15, -0.1) is 0 Å². The number of nitrogens with one attached hydrogen (secondary N) is 1. The Morgan fingerprint density at radius 1 is 1.00 bits per heavy atom. The molecule has 1 spiro atoms. The Morgan fingerprint density at radius 3 is 2.11 bits per heavy atom. The van der Waals surface area contributed by atoms with Crippen LogP contribution in [0.3, 0.4) is 0 Å². The maximum atomic E-state index is 12.1. The number of carbonyl (C=O) groups is 1. The Kier molecular flexibility index (Phi) is 5.45. The number of piperidine rings is 2. The van der Waals surface area contributed by atoms with E-state index in [1.165, 1.54) is 63.7 Å². The topological polar surface area (TPSA) is 35.6 Å². The summed E-state index contributed by atoms with van der Waals surface area (Å²) in [4.78, 5) is 17.4. The SMILES string of the molecule is CC(C)NC(=O)c1ccc(N2CCC3(CC2)CCN(C2CCC2)CC3)cc1. The highest BCUT2D eigenvalue weighted by Gasteiger charge is 2.39. The predicted molar refractivity (Wildman–Crippen MR) is 111 cm³/mol. The summed E-state index contributed by atoms with van der Waals surface area (Å²) in [7, 11) is 0. The average molecular weight is 370 g/mol. The summed E-state index contributed by atoms with van der Waals surface area (Å²) >= 11 is 0. The van der Waals surface area contributed by atoms with Gasteiger partial charge in [0.1, 0.15) is 0 Å². The number of hydrogen-bond acceptors (Lipinski definition) is 3. The molecule has 0 aromatic heterocycles. The monoisotopic (exact) mass is 369 g/mol. The number of likely N-dealkylation sites (tertiary alicyclic amines) is 1. The first-order valence-electron chi connectivity index (χ1n) is 10.9. The van der Waals surface area contributed by atoms with E-state index in [0.717, 1.165) is 24.7 Å². The molecule has 0 radical (unpaired) electrons. The van der Waals surface area contributed by atoms with Crippen LogP contribution < -0.4 is 10.2 Å². The van der Waals surface area contributed by atoms with Crippen LogP contribution in [0.15, 0.2) is 24.3 Å². The molecule has 0 atom stereocenters. The number of rotatable bonds is 4. The quantitative estimate of drug-likeness (QED) is 0.869. The van der Waals surface area contributed by atoms with Crippen LogP contribution in [0, 0.1) is 5.41 Å². The number of anilines is 1. The molecule has 1 N–H and O–H groups in total. The van der Waals surface area contributed by atoms with E-state index in [0.29, 0.717) is 5.41 Å². The predicted octanol–water partition coefficient (Wildman–Crippen LogP) is 4.06. The van der Waals surface area contributed by atoms with Crippen molar-refractivity contribution in [1.29, 1.82) is 0 Å². The van der Waals surface area contributed by atoms with Gasteiger partial charge >= 0.3 is 0 Å². The molecule has 4 rings (SSSR count). The third kappa shape index (κ3) is 4.16. The van der Waals surface area contributed by atoms with Crippen molar-refractivity contribution in [3.05, 3.63) is 29.8 Å². The van der Waals surface area contributed by atoms with E-state index in [1.807, 2.05) is 26.0 Å². The maximum Gasteiger partial charge on any atom is 0.251 e. The molecule has 1 aliphatic carbocycles. The van der Waals surface area contributed by atoms with Gasteiger partial charge in [-0.2, -0.15) is 0 Å². The molecule has 27 heavy (non-hydrogen) atoms. The molecule has 1 saturated carbocycles. The first kappa shape index (κ1) is 18.8. The lowest BCUT2D eigenvalue weighted by Gasteiger charge is -2.50. The number of amides is 1. The molecule has 3 fully saturated rings. The molecule has 3 aliphatic rings. The molecule has 0 bridgehead atoms. The van der Waals surface area contributed by atoms with E-state index in [4.69, 9.17) is 0 Å². The zero-order valence-electron chi connectivity index (χ0n) is 17.0. The van der Waals surface area contributed by atoms with Crippen LogP contribution in [0.4, 0.5) is 5.69 Å². The van der Waals surface area contributed by atoms with Gasteiger partial charge in [-0.3, -0.25) is 4.79 Å². The molecule has 4 heteroatoms. The van der Waals surface area contributed by atoms with E-state index >= 15 is 0 Å². The Morgan fingerprint density at radius 2 is 1.59 bits per heavy atom. The van der Waals surface area contributed by atoms with Crippen molar-refractivity contribution in [2.45, 2.75) is 70.9 Å². The second kappa shape index (κ2) is 7.83. The Balaban J connectivity index is 1.29. The van der Waals surface area contributed by atoms with Crippen molar-refractivity contribution in [2.75, 3.05) is 31.1 Å². The van der Waals surface area contributed by atoms with Crippen LogP contribution in [0.25, 0.3) is 0 Å². The summed E-state index contributed by atoms with van der Waals surface area (Å²) in [6.45, 7) is 8.94. The number of benzene rings is 1. The zero-order valence-corrected chi connectivity index (χ0v) is 17.0. The van der Waals surface area contributed by atoms with Crippen molar-refractivity contribution in [2.24, 2.45) is 5.41 Å². The smallest absolute Gasteiger partial charge is 0.251 e. The minimum atomic E-state index is 0.0207. The minimum absolute atomic E-state index is 0.0207. The van der Waals surface area contributed by atoms with Crippen molar-refractivity contribution in [1.82, 2.24) is 10.2 Å². The lowest BCUT2D eigenvalue weighted by molar-refractivity contribution is 0.0306. The number of nitrogens with zero attached hydrogens (tertiary/aromatic N) is 2. The Hall–Kier alpha value is -1.55. The summed E-state index contributed by atoms with van der Waals surface area (Å²) in [5.41, 5.74) is 2.61. The van der Waals surface area contributed by atoms with Crippen molar-refractivity contribution < 1.29 is 4.79 Å². The molecular weight excluding hydrogens is 334 g/mol. The van der Waals surface area contributed by atoms with Gasteiger partial charge in [0.2, 0.25) is 0 Å². The normalized spacial score (nSPS) is 23.4. The fourth-order valence-electron chi connectivity index (χ4n) is 5.02. The summed E-state index contributed by atoms with van der Waals surface area (Å²) in [6, 6.07) is 9.25. The lowest BCUT2D eigenvalue weighted by atomic mass is 9.70. The van der Waals surface area contributed by atoms with Crippen LogP contribution in [-0.4, -0.2) is 49.1 Å². The third-order valence-electron chi connectivity index (χ3n) is 7.19.